The van der Waals surface area contributed by atoms with Crippen LogP contribution in [0.25, 0.3) is 0 Å². The predicted octanol–water partition coefficient (Wildman–Crippen LogP) is 2.48. The number of aromatic nitrogens is 2. The smallest absolute Gasteiger partial charge is 0.248 e. The molecule has 7 heteroatoms. The van der Waals surface area contributed by atoms with Crippen LogP contribution in [0.1, 0.15) is 18.5 Å². The minimum atomic E-state index is -0.406. The number of benzene rings is 1. The molecule has 1 amide bonds. The van der Waals surface area contributed by atoms with Crippen LogP contribution in [0.2, 0.25) is 0 Å². The zero-order valence-corrected chi connectivity index (χ0v) is 13.1. The molecule has 1 heterocycles. The second kappa shape index (κ2) is 6.15. The standard InChI is InChI=1S/C13H13BrN4OS/c1-8(18-7-10(14)6-16-18)13(19)17-11-4-2-9(3-5-11)12(15)20/h2-8H,1H3,(H2,15,20)(H,17,19). The lowest BCUT2D eigenvalue weighted by Crippen LogP contribution is -2.24. The van der Waals surface area contributed by atoms with Gasteiger partial charge in [0.05, 0.1) is 10.7 Å². The van der Waals surface area contributed by atoms with Crippen molar-refractivity contribution in [2.24, 2.45) is 5.73 Å². The quantitative estimate of drug-likeness (QED) is 0.829. The van der Waals surface area contributed by atoms with Gasteiger partial charge < -0.3 is 11.1 Å². The maximum atomic E-state index is 12.1. The molecule has 3 N–H and O–H groups in total. The molecule has 0 saturated carbocycles. The van der Waals surface area contributed by atoms with Gasteiger partial charge in [0.15, 0.2) is 0 Å². The largest absolute Gasteiger partial charge is 0.389 e. The molecule has 20 heavy (non-hydrogen) atoms. The third-order valence-electron chi connectivity index (χ3n) is 2.78. The number of hydrogen-bond acceptors (Lipinski definition) is 3. The van der Waals surface area contributed by atoms with Gasteiger partial charge in [-0.1, -0.05) is 12.2 Å². The van der Waals surface area contributed by atoms with Crippen LogP contribution >= 0.6 is 28.1 Å². The summed E-state index contributed by atoms with van der Waals surface area (Å²) < 4.78 is 2.42. The summed E-state index contributed by atoms with van der Waals surface area (Å²) in [5.74, 6) is -0.149. The number of anilines is 1. The molecular weight excluding hydrogens is 340 g/mol. The van der Waals surface area contributed by atoms with Crippen molar-refractivity contribution in [3.8, 4) is 0 Å². The Balaban J connectivity index is 2.05. The Bertz CT molecular complexity index is 638. The number of nitrogens with zero attached hydrogens (tertiary/aromatic N) is 2. The number of nitrogens with one attached hydrogen (secondary N) is 1. The number of nitrogens with two attached hydrogens (primary N) is 1. The number of carbonyl (C=O) groups excluding carboxylic acids is 1. The van der Waals surface area contributed by atoms with E-state index in [1.165, 1.54) is 0 Å². The highest BCUT2D eigenvalue weighted by Crippen LogP contribution is 2.15. The summed E-state index contributed by atoms with van der Waals surface area (Å²) in [6.45, 7) is 1.78. The Morgan fingerprint density at radius 2 is 2.10 bits per heavy atom. The highest BCUT2D eigenvalue weighted by molar-refractivity contribution is 9.10. The number of amides is 1. The van der Waals surface area contributed by atoms with Crippen molar-refractivity contribution in [1.29, 1.82) is 0 Å². The van der Waals surface area contributed by atoms with E-state index >= 15 is 0 Å². The summed E-state index contributed by atoms with van der Waals surface area (Å²) in [6.07, 6.45) is 3.39. The molecule has 0 bridgehead atoms. The van der Waals surface area contributed by atoms with Crippen LogP contribution < -0.4 is 11.1 Å². The van der Waals surface area contributed by atoms with Crippen molar-refractivity contribution < 1.29 is 4.79 Å². The molecule has 1 unspecified atom stereocenters. The Hall–Kier alpha value is -1.73. The van der Waals surface area contributed by atoms with E-state index in [9.17, 15) is 4.79 Å². The number of rotatable bonds is 4. The molecule has 0 fully saturated rings. The molecule has 1 atom stereocenters. The number of thiocarbonyl (C=S) groups is 1. The Morgan fingerprint density at radius 1 is 1.45 bits per heavy atom. The van der Waals surface area contributed by atoms with E-state index in [1.807, 2.05) is 0 Å². The molecule has 104 valence electrons. The van der Waals surface area contributed by atoms with Crippen molar-refractivity contribution >= 4 is 44.7 Å². The molecule has 2 rings (SSSR count). The van der Waals surface area contributed by atoms with Crippen LogP contribution in [-0.2, 0) is 4.79 Å². The van der Waals surface area contributed by atoms with E-state index < -0.39 is 6.04 Å². The Kier molecular flexibility index (Phi) is 4.51. The molecule has 0 spiro atoms. The lowest BCUT2D eigenvalue weighted by Gasteiger charge is -2.12. The number of hydrogen-bond donors (Lipinski definition) is 2. The van der Waals surface area contributed by atoms with Gasteiger partial charge in [-0.3, -0.25) is 9.48 Å². The highest BCUT2D eigenvalue weighted by atomic mass is 79.9. The average Bonchev–Trinajstić information content (AvgIpc) is 2.85. The molecule has 0 radical (unpaired) electrons. The van der Waals surface area contributed by atoms with Gasteiger partial charge in [0.2, 0.25) is 5.91 Å². The zero-order chi connectivity index (χ0) is 14.7. The predicted molar refractivity (Wildman–Crippen MR) is 85.6 cm³/mol. The first-order valence-electron chi connectivity index (χ1n) is 5.88. The van der Waals surface area contributed by atoms with E-state index in [4.69, 9.17) is 18.0 Å². The first kappa shape index (κ1) is 14.7. The number of halogens is 1. The van der Waals surface area contributed by atoms with Crippen LogP contribution in [0.4, 0.5) is 5.69 Å². The lowest BCUT2D eigenvalue weighted by molar-refractivity contribution is -0.119. The Morgan fingerprint density at radius 3 is 2.60 bits per heavy atom. The van der Waals surface area contributed by atoms with Crippen molar-refractivity contribution in [2.45, 2.75) is 13.0 Å². The third-order valence-corrected chi connectivity index (χ3v) is 3.43. The normalized spacial score (nSPS) is 11.9. The maximum absolute atomic E-state index is 12.1. The third kappa shape index (κ3) is 3.43. The monoisotopic (exact) mass is 352 g/mol. The van der Waals surface area contributed by atoms with Crippen LogP contribution in [0.3, 0.4) is 0 Å². The van der Waals surface area contributed by atoms with Crippen molar-refractivity contribution in [2.75, 3.05) is 5.32 Å². The van der Waals surface area contributed by atoms with Gasteiger partial charge in [0, 0.05) is 17.4 Å². The van der Waals surface area contributed by atoms with Gasteiger partial charge in [-0.15, -0.1) is 0 Å². The fourth-order valence-corrected chi connectivity index (χ4v) is 2.05. The Labute approximate surface area is 130 Å². The molecule has 0 aliphatic heterocycles. The first-order chi connectivity index (χ1) is 9.47. The van der Waals surface area contributed by atoms with Gasteiger partial charge in [0.25, 0.3) is 0 Å². The molecular formula is C13H13BrN4OS. The maximum Gasteiger partial charge on any atom is 0.248 e. The van der Waals surface area contributed by atoms with Gasteiger partial charge in [-0.25, -0.2) is 0 Å². The molecule has 1 aromatic carbocycles. The molecule has 2 aromatic rings. The second-order valence-corrected chi connectivity index (χ2v) is 5.60. The summed E-state index contributed by atoms with van der Waals surface area (Å²) in [5, 5.41) is 6.91. The molecule has 1 aromatic heterocycles. The van der Waals surface area contributed by atoms with Crippen LogP contribution in [0.15, 0.2) is 41.1 Å². The topological polar surface area (TPSA) is 72.9 Å². The van der Waals surface area contributed by atoms with Crippen LogP contribution in [0.5, 0.6) is 0 Å². The van der Waals surface area contributed by atoms with E-state index in [2.05, 4.69) is 26.3 Å². The summed E-state index contributed by atoms with van der Waals surface area (Å²) in [4.78, 5) is 12.4. The minimum absolute atomic E-state index is 0.149. The van der Waals surface area contributed by atoms with Crippen LogP contribution in [0, 0.1) is 0 Å². The molecule has 5 nitrogen and oxygen atoms in total. The molecule has 0 aliphatic rings. The summed E-state index contributed by atoms with van der Waals surface area (Å²) >= 11 is 8.17. The second-order valence-electron chi connectivity index (χ2n) is 4.25. The fourth-order valence-electron chi connectivity index (χ4n) is 1.61. The average molecular weight is 353 g/mol. The molecule has 0 saturated heterocycles. The summed E-state index contributed by atoms with van der Waals surface area (Å²) in [6, 6.07) is 6.66. The van der Waals surface area contributed by atoms with Gasteiger partial charge in [0.1, 0.15) is 11.0 Å². The van der Waals surface area contributed by atoms with Crippen LogP contribution in [-0.4, -0.2) is 20.7 Å². The highest BCUT2D eigenvalue weighted by Gasteiger charge is 2.15. The fraction of sp³-hybridized carbons (Fsp3) is 0.154. The number of carbonyl (C=O) groups is 1. The van der Waals surface area contributed by atoms with E-state index in [1.54, 1.807) is 48.3 Å². The van der Waals surface area contributed by atoms with Crippen molar-refractivity contribution in [3.05, 3.63) is 46.7 Å². The van der Waals surface area contributed by atoms with Crippen molar-refractivity contribution in [3.63, 3.8) is 0 Å². The first-order valence-corrected chi connectivity index (χ1v) is 7.08. The lowest BCUT2D eigenvalue weighted by atomic mass is 10.2. The van der Waals surface area contributed by atoms with E-state index in [-0.39, 0.29) is 5.91 Å². The van der Waals surface area contributed by atoms with Gasteiger partial charge >= 0.3 is 0 Å². The zero-order valence-electron chi connectivity index (χ0n) is 10.7. The van der Waals surface area contributed by atoms with Gasteiger partial charge in [-0.05, 0) is 47.1 Å². The van der Waals surface area contributed by atoms with Crippen molar-refractivity contribution in [1.82, 2.24) is 9.78 Å². The molecule has 0 aliphatic carbocycles. The van der Waals surface area contributed by atoms with Gasteiger partial charge in [-0.2, -0.15) is 5.10 Å². The van der Waals surface area contributed by atoms with E-state index in [0.29, 0.717) is 10.7 Å². The summed E-state index contributed by atoms with van der Waals surface area (Å²) in [5.41, 5.74) is 6.97. The summed E-state index contributed by atoms with van der Waals surface area (Å²) in [7, 11) is 0. The SMILES string of the molecule is CC(C(=O)Nc1ccc(C(N)=S)cc1)n1cc(Br)cn1. The minimum Gasteiger partial charge on any atom is -0.389 e. The van der Waals surface area contributed by atoms with E-state index in [0.717, 1.165) is 10.0 Å².